The van der Waals surface area contributed by atoms with Crippen LogP contribution in [0.1, 0.15) is 20.7 Å². The molecule has 2 rings (SSSR count). The lowest BCUT2D eigenvalue weighted by Gasteiger charge is -2.10. The van der Waals surface area contributed by atoms with Gasteiger partial charge >= 0.3 is 0 Å². The van der Waals surface area contributed by atoms with Crippen molar-refractivity contribution < 1.29 is 9.59 Å². The van der Waals surface area contributed by atoms with Gasteiger partial charge in [0.25, 0.3) is 11.8 Å². The van der Waals surface area contributed by atoms with Gasteiger partial charge in [-0.05, 0) is 24.3 Å². The molecule has 0 atom stereocenters. The molecule has 0 saturated carbocycles. The largest absolute Gasteiger partial charge is 0.355 e. The van der Waals surface area contributed by atoms with E-state index in [0.717, 1.165) is 0 Å². The first kappa shape index (κ1) is 14.1. The predicted molar refractivity (Wildman–Crippen MR) is 79.2 cm³/mol. The zero-order valence-electron chi connectivity index (χ0n) is 10.8. The summed E-state index contributed by atoms with van der Waals surface area (Å²) in [6.07, 6.45) is 0. The highest BCUT2D eigenvalue weighted by Crippen LogP contribution is 2.19. The Morgan fingerprint density at radius 3 is 2.15 bits per heavy atom. The third-order valence-corrected chi connectivity index (χ3v) is 3.10. The molecular weight excluding hydrogens is 276 g/mol. The van der Waals surface area contributed by atoms with Crippen LogP contribution in [0.4, 0.5) is 5.69 Å². The van der Waals surface area contributed by atoms with Crippen molar-refractivity contribution in [2.75, 3.05) is 12.4 Å². The Morgan fingerprint density at radius 2 is 1.50 bits per heavy atom. The number of benzene rings is 2. The first-order valence-corrected chi connectivity index (χ1v) is 6.38. The normalized spacial score (nSPS) is 9.90. The van der Waals surface area contributed by atoms with E-state index in [0.29, 0.717) is 21.8 Å². The molecule has 0 saturated heterocycles. The van der Waals surface area contributed by atoms with Gasteiger partial charge in [0.15, 0.2) is 0 Å². The molecule has 0 aliphatic heterocycles. The average Bonchev–Trinajstić information content (AvgIpc) is 2.47. The van der Waals surface area contributed by atoms with Gasteiger partial charge in [0.05, 0.1) is 21.8 Å². The number of hydrogen-bond donors (Lipinski definition) is 2. The third-order valence-electron chi connectivity index (χ3n) is 2.77. The van der Waals surface area contributed by atoms with Crippen molar-refractivity contribution in [2.45, 2.75) is 0 Å². The molecular formula is C15H13ClN2O2. The van der Waals surface area contributed by atoms with Gasteiger partial charge in [-0.3, -0.25) is 9.59 Å². The van der Waals surface area contributed by atoms with E-state index in [1.165, 1.54) is 7.05 Å². The number of nitrogens with one attached hydrogen (secondary N) is 2. The van der Waals surface area contributed by atoms with Crippen LogP contribution in [0.15, 0.2) is 48.5 Å². The molecule has 2 aromatic rings. The van der Waals surface area contributed by atoms with Crippen molar-refractivity contribution in [3.63, 3.8) is 0 Å². The Labute approximate surface area is 121 Å². The molecule has 2 N–H and O–H groups in total. The summed E-state index contributed by atoms with van der Waals surface area (Å²) in [4.78, 5) is 23.9. The van der Waals surface area contributed by atoms with E-state index in [2.05, 4.69) is 10.6 Å². The molecule has 5 heteroatoms. The molecule has 0 radical (unpaired) electrons. The topological polar surface area (TPSA) is 58.2 Å². The number of halogens is 1. The second kappa shape index (κ2) is 6.21. The van der Waals surface area contributed by atoms with Crippen LogP contribution in [-0.2, 0) is 0 Å². The van der Waals surface area contributed by atoms with Crippen molar-refractivity contribution in [1.82, 2.24) is 5.32 Å². The van der Waals surface area contributed by atoms with Crippen molar-refractivity contribution in [3.8, 4) is 0 Å². The number of carbonyl (C=O) groups excluding carboxylic acids is 2. The SMILES string of the molecule is CNC(=O)c1ccccc1NC(=O)c1ccccc1Cl. The molecule has 0 heterocycles. The summed E-state index contributed by atoms with van der Waals surface area (Å²) in [7, 11) is 1.54. The zero-order chi connectivity index (χ0) is 14.5. The minimum absolute atomic E-state index is 0.264. The van der Waals surface area contributed by atoms with Crippen LogP contribution >= 0.6 is 11.6 Å². The molecule has 4 nitrogen and oxygen atoms in total. The van der Waals surface area contributed by atoms with Crippen LogP contribution in [0.3, 0.4) is 0 Å². The van der Waals surface area contributed by atoms with E-state index >= 15 is 0 Å². The molecule has 0 unspecified atom stereocenters. The van der Waals surface area contributed by atoms with Gasteiger partial charge in [0.1, 0.15) is 0 Å². The fourth-order valence-electron chi connectivity index (χ4n) is 1.76. The van der Waals surface area contributed by atoms with E-state index in [-0.39, 0.29) is 11.8 Å². The van der Waals surface area contributed by atoms with Gasteiger partial charge in [-0.15, -0.1) is 0 Å². The summed E-state index contributed by atoms with van der Waals surface area (Å²) in [5.41, 5.74) is 1.20. The fraction of sp³-hybridized carbons (Fsp3) is 0.0667. The van der Waals surface area contributed by atoms with Crippen LogP contribution in [0, 0.1) is 0 Å². The molecule has 2 amide bonds. The van der Waals surface area contributed by atoms with Gasteiger partial charge in [-0.2, -0.15) is 0 Å². The highest BCUT2D eigenvalue weighted by Gasteiger charge is 2.14. The quantitative estimate of drug-likeness (QED) is 0.912. The summed E-state index contributed by atoms with van der Waals surface area (Å²) in [6.45, 7) is 0. The maximum atomic E-state index is 12.2. The van der Waals surface area contributed by atoms with Crippen molar-refractivity contribution in [3.05, 3.63) is 64.7 Å². The Morgan fingerprint density at radius 1 is 0.900 bits per heavy atom. The number of para-hydroxylation sites is 1. The second-order valence-corrected chi connectivity index (χ2v) is 4.47. The minimum Gasteiger partial charge on any atom is -0.355 e. The Hall–Kier alpha value is -2.33. The molecule has 0 bridgehead atoms. The van der Waals surface area contributed by atoms with Gasteiger partial charge < -0.3 is 10.6 Å². The fourth-order valence-corrected chi connectivity index (χ4v) is 1.98. The van der Waals surface area contributed by atoms with E-state index in [1.54, 1.807) is 48.5 Å². The third kappa shape index (κ3) is 2.97. The first-order valence-electron chi connectivity index (χ1n) is 6.00. The Kier molecular flexibility index (Phi) is 4.38. The van der Waals surface area contributed by atoms with E-state index < -0.39 is 0 Å². The molecule has 0 aliphatic rings. The molecule has 0 fully saturated rings. The summed E-state index contributed by atoms with van der Waals surface area (Å²) in [6, 6.07) is 13.5. The van der Waals surface area contributed by atoms with Gasteiger partial charge in [-0.1, -0.05) is 35.9 Å². The molecule has 20 heavy (non-hydrogen) atoms. The van der Waals surface area contributed by atoms with Gasteiger partial charge in [0.2, 0.25) is 0 Å². The molecule has 0 aliphatic carbocycles. The number of anilines is 1. The summed E-state index contributed by atoms with van der Waals surface area (Å²) < 4.78 is 0. The number of amides is 2. The zero-order valence-corrected chi connectivity index (χ0v) is 11.6. The monoisotopic (exact) mass is 288 g/mol. The average molecular weight is 289 g/mol. The molecule has 0 aromatic heterocycles. The van der Waals surface area contributed by atoms with Crippen LogP contribution < -0.4 is 10.6 Å². The van der Waals surface area contributed by atoms with Crippen LogP contribution in [0.5, 0.6) is 0 Å². The maximum Gasteiger partial charge on any atom is 0.257 e. The minimum atomic E-state index is -0.355. The highest BCUT2D eigenvalue weighted by molar-refractivity contribution is 6.34. The maximum absolute atomic E-state index is 12.2. The number of carbonyl (C=O) groups is 2. The van der Waals surface area contributed by atoms with E-state index in [1.807, 2.05) is 0 Å². The number of hydrogen-bond acceptors (Lipinski definition) is 2. The molecule has 0 spiro atoms. The van der Waals surface area contributed by atoms with Crippen LogP contribution in [0.25, 0.3) is 0 Å². The van der Waals surface area contributed by atoms with Crippen molar-refractivity contribution >= 4 is 29.1 Å². The molecule has 102 valence electrons. The highest BCUT2D eigenvalue weighted by atomic mass is 35.5. The van der Waals surface area contributed by atoms with Gasteiger partial charge in [0, 0.05) is 7.05 Å². The lowest BCUT2D eigenvalue weighted by molar-refractivity contribution is 0.0964. The number of rotatable bonds is 3. The predicted octanol–water partition coefficient (Wildman–Crippen LogP) is 2.95. The lowest BCUT2D eigenvalue weighted by atomic mass is 10.1. The van der Waals surface area contributed by atoms with Crippen LogP contribution in [-0.4, -0.2) is 18.9 Å². The van der Waals surface area contributed by atoms with E-state index in [4.69, 9.17) is 11.6 Å². The summed E-state index contributed by atoms with van der Waals surface area (Å²) >= 11 is 5.97. The van der Waals surface area contributed by atoms with Crippen LogP contribution in [0.2, 0.25) is 5.02 Å². The van der Waals surface area contributed by atoms with Crippen molar-refractivity contribution in [1.29, 1.82) is 0 Å². The van der Waals surface area contributed by atoms with E-state index in [9.17, 15) is 9.59 Å². The smallest absolute Gasteiger partial charge is 0.257 e. The molecule has 2 aromatic carbocycles. The Balaban J connectivity index is 2.29. The Bertz CT molecular complexity index is 656. The standard InChI is InChI=1S/C15H13ClN2O2/c1-17-14(19)11-7-3-5-9-13(11)18-15(20)10-6-2-4-8-12(10)16/h2-9H,1H3,(H,17,19)(H,18,20). The summed E-state index contributed by atoms with van der Waals surface area (Å²) in [5.74, 6) is -0.619. The lowest BCUT2D eigenvalue weighted by Crippen LogP contribution is -2.21. The summed E-state index contributed by atoms with van der Waals surface area (Å²) in [5, 5.41) is 5.59. The van der Waals surface area contributed by atoms with Crippen molar-refractivity contribution in [2.24, 2.45) is 0 Å². The first-order chi connectivity index (χ1) is 9.63. The second-order valence-electron chi connectivity index (χ2n) is 4.06. The van der Waals surface area contributed by atoms with Gasteiger partial charge in [-0.25, -0.2) is 0 Å².